The molecule has 0 aliphatic carbocycles. The highest BCUT2D eigenvalue weighted by atomic mass is 16.5. The molecule has 0 heterocycles. The van der Waals surface area contributed by atoms with E-state index in [1.807, 2.05) is 0 Å². The van der Waals surface area contributed by atoms with Crippen LogP contribution >= 0.6 is 0 Å². The van der Waals surface area contributed by atoms with Gasteiger partial charge < -0.3 is 10.1 Å². The van der Waals surface area contributed by atoms with Gasteiger partial charge in [-0.05, 0) is 12.8 Å². The summed E-state index contributed by atoms with van der Waals surface area (Å²) in [5.41, 5.74) is 0. The number of hydrogen-bond donors (Lipinski definition) is 1. The highest BCUT2D eigenvalue weighted by molar-refractivity contribution is 5.75. The number of ether oxygens (including phenoxy) is 1. The topological polar surface area (TPSA) is 55.4 Å². The molecule has 1 unspecified atom stereocenters. The Hall–Kier alpha value is -1.06. The van der Waals surface area contributed by atoms with E-state index in [9.17, 15) is 9.59 Å². The Morgan fingerprint density at radius 3 is 2.47 bits per heavy atom. The van der Waals surface area contributed by atoms with Crippen LogP contribution in [-0.4, -0.2) is 25.0 Å². The molecule has 0 aliphatic rings. The molecule has 0 bridgehead atoms. The largest absolute Gasteiger partial charge is 0.463 e. The van der Waals surface area contributed by atoms with Gasteiger partial charge in [0, 0.05) is 20.4 Å². The lowest BCUT2D eigenvalue weighted by atomic mass is 10.1. The summed E-state index contributed by atoms with van der Waals surface area (Å²) in [6.45, 7) is 3.49. The summed E-state index contributed by atoms with van der Waals surface area (Å²) < 4.78 is 5.13. The molecule has 0 spiro atoms. The number of hydrogen-bond acceptors (Lipinski definition) is 3. The lowest BCUT2D eigenvalue weighted by Gasteiger charge is -2.16. The third-order valence-corrected chi connectivity index (χ3v) is 2.18. The Morgan fingerprint density at radius 1 is 1.33 bits per heavy atom. The van der Waals surface area contributed by atoms with Crippen LogP contribution in [0.2, 0.25) is 0 Å². The molecule has 0 rings (SSSR count). The van der Waals surface area contributed by atoms with E-state index in [-0.39, 0.29) is 18.0 Å². The minimum atomic E-state index is -0.270. The van der Waals surface area contributed by atoms with E-state index in [0.29, 0.717) is 12.8 Å². The Morgan fingerprint density at radius 2 is 2.00 bits per heavy atom. The Bertz CT molecular complexity index is 204. The number of amides is 1. The highest BCUT2D eigenvalue weighted by Gasteiger charge is 2.12. The first kappa shape index (κ1) is 13.9. The molecule has 0 fully saturated rings. The summed E-state index contributed by atoms with van der Waals surface area (Å²) in [6, 6.07) is 0. The average molecular weight is 215 g/mol. The maximum atomic E-state index is 11.0. The fourth-order valence-electron chi connectivity index (χ4n) is 1.35. The second-order valence-electron chi connectivity index (χ2n) is 3.59. The third kappa shape index (κ3) is 7.97. The number of carbonyl (C=O) groups is 2. The lowest BCUT2D eigenvalue weighted by Crippen LogP contribution is -2.22. The fraction of sp³-hybridized carbons (Fsp3) is 0.818. The molecule has 0 saturated carbocycles. The third-order valence-electron chi connectivity index (χ3n) is 2.18. The first-order valence-corrected chi connectivity index (χ1v) is 5.48. The molecule has 15 heavy (non-hydrogen) atoms. The van der Waals surface area contributed by atoms with E-state index in [2.05, 4.69) is 12.2 Å². The van der Waals surface area contributed by atoms with Gasteiger partial charge >= 0.3 is 5.97 Å². The van der Waals surface area contributed by atoms with E-state index < -0.39 is 0 Å². The van der Waals surface area contributed by atoms with Crippen molar-refractivity contribution in [3.63, 3.8) is 0 Å². The van der Waals surface area contributed by atoms with Crippen LogP contribution in [0.3, 0.4) is 0 Å². The summed E-state index contributed by atoms with van der Waals surface area (Å²) in [7, 11) is 1.61. The zero-order valence-electron chi connectivity index (χ0n) is 9.84. The molecule has 4 nitrogen and oxygen atoms in total. The van der Waals surface area contributed by atoms with E-state index in [1.54, 1.807) is 7.05 Å². The molecular weight excluding hydrogens is 194 g/mol. The quantitative estimate of drug-likeness (QED) is 0.657. The molecule has 0 aromatic rings. The summed E-state index contributed by atoms with van der Waals surface area (Å²) in [6.07, 6.45) is 3.84. The number of carbonyl (C=O) groups excluding carboxylic acids is 2. The molecule has 1 N–H and O–H groups in total. The van der Waals surface area contributed by atoms with E-state index >= 15 is 0 Å². The number of unbranched alkanes of at least 4 members (excludes halogenated alkanes) is 1. The van der Waals surface area contributed by atoms with Crippen molar-refractivity contribution in [2.45, 2.75) is 52.1 Å². The summed E-state index contributed by atoms with van der Waals surface area (Å²) in [5, 5.41) is 2.55. The summed E-state index contributed by atoms with van der Waals surface area (Å²) in [4.78, 5) is 21.8. The van der Waals surface area contributed by atoms with Crippen molar-refractivity contribution in [1.82, 2.24) is 5.32 Å². The zero-order valence-corrected chi connectivity index (χ0v) is 9.84. The van der Waals surface area contributed by atoms with Gasteiger partial charge in [0.05, 0.1) is 0 Å². The molecule has 88 valence electrons. The van der Waals surface area contributed by atoms with Crippen molar-refractivity contribution in [3.8, 4) is 0 Å². The highest BCUT2D eigenvalue weighted by Crippen LogP contribution is 2.11. The number of rotatable bonds is 7. The van der Waals surface area contributed by atoms with Crippen LogP contribution in [0.5, 0.6) is 0 Å². The van der Waals surface area contributed by atoms with Crippen LogP contribution in [0, 0.1) is 0 Å². The second-order valence-corrected chi connectivity index (χ2v) is 3.59. The monoisotopic (exact) mass is 215 g/mol. The minimum absolute atomic E-state index is 0.0105. The minimum Gasteiger partial charge on any atom is -0.463 e. The van der Waals surface area contributed by atoms with Crippen LogP contribution in [0.1, 0.15) is 46.0 Å². The Labute approximate surface area is 91.4 Å². The first-order valence-electron chi connectivity index (χ1n) is 5.48. The molecular formula is C11H21NO3. The molecule has 0 radical (unpaired) electrons. The second kappa shape index (κ2) is 8.26. The Balaban J connectivity index is 3.88. The van der Waals surface area contributed by atoms with Gasteiger partial charge in [0.25, 0.3) is 0 Å². The number of esters is 1. The van der Waals surface area contributed by atoms with Crippen molar-refractivity contribution in [3.05, 3.63) is 0 Å². The average Bonchev–Trinajstić information content (AvgIpc) is 2.20. The van der Waals surface area contributed by atoms with Crippen LogP contribution in [0.15, 0.2) is 0 Å². The molecule has 4 heteroatoms. The maximum absolute atomic E-state index is 11.0. The Kier molecular flexibility index (Phi) is 7.68. The molecule has 0 aliphatic heterocycles. The van der Waals surface area contributed by atoms with Crippen molar-refractivity contribution in [2.75, 3.05) is 7.05 Å². The van der Waals surface area contributed by atoms with Crippen LogP contribution < -0.4 is 5.32 Å². The number of nitrogens with one attached hydrogen (secondary N) is 1. The zero-order chi connectivity index (χ0) is 11.7. The first-order chi connectivity index (χ1) is 7.10. The van der Waals surface area contributed by atoms with Crippen molar-refractivity contribution >= 4 is 11.9 Å². The van der Waals surface area contributed by atoms with Crippen LogP contribution in [0.25, 0.3) is 0 Å². The summed E-state index contributed by atoms with van der Waals surface area (Å²) in [5.74, 6) is -0.281. The smallest absolute Gasteiger partial charge is 0.302 e. The van der Waals surface area contributed by atoms with Gasteiger partial charge in [-0.2, -0.15) is 0 Å². The molecule has 1 amide bonds. The van der Waals surface area contributed by atoms with Crippen LogP contribution in [0.4, 0.5) is 0 Å². The predicted octanol–water partition coefficient (Wildman–Crippen LogP) is 1.63. The predicted molar refractivity (Wildman–Crippen MR) is 58.4 cm³/mol. The van der Waals surface area contributed by atoms with Crippen molar-refractivity contribution < 1.29 is 14.3 Å². The summed E-state index contributed by atoms with van der Waals surface area (Å²) >= 11 is 0. The molecule has 0 aromatic heterocycles. The normalized spacial score (nSPS) is 11.9. The molecule has 0 aromatic carbocycles. The SMILES string of the molecule is CCCCC(CCC(=O)NC)OC(C)=O. The van der Waals surface area contributed by atoms with Gasteiger partial charge in [-0.1, -0.05) is 19.8 Å². The maximum Gasteiger partial charge on any atom is 0.302 e. The fourth-order valence-corrected chi connectivity index (χ4v) is 1.35. The van der Waals surface area contributed by atoms with Gasteiger partial charge in [-0.15, -0.1) is 0 Å². The molecule has 0 saturated heterocycles. The van der Waals surface area contributed by atoms with Crippen molar-refractivity contribution in [1.29, 1.82) is 0 Å². The van der Waals surface area contributed by atoms with Gasteiger partial charge in [0.1, 0.15) is 6.10 Å². The van der Waals surface area contributed by atoms with E-state index in [1.165, 1.54) is 6.92 Å². The van der Waals surface area contributed by atoms with Gasteiger partial charge in [0.15, 0.2) is 0 Å². The van der Waals surface area contributed by atoms with Gasteiger partial charge in [0.2, 0.25) is 5.91 Å². The van der Waals surface area contributed by atoms with Gasteiger partial charge in [-0.3, -0.25) is 9.59 Å². The van der Waals surface area contributed by atoms with Crippen molar-refractivity contribution in [2.24, 2.45) is 0 Å². The van der Waals surface area contributed by atoms with Gasteiger partial charge in [-0.25, -0.2) is 0 Å². The lowest BCUT2D eigenvalue weighted by molar-refractivity contribution is -0.147. The standard InChI is InChI=1S/C11H21NO3/c1-4-5-6-10(15-9(2)13)7-8-11(14)12-3/h10H,4-8H2,1-3H3,(H,12,14). The van der Waals surface area contributed by atoms with E-state index in [0.717, 1.165) is 19.3 Å². The van der Waals surface area contributed by atoms with E-state index in [4.69, 9.17) is 4.74 Å². The molecule has 1 atom stereocenters. The van der Waals surface area contributed by atoms with Crippen LogP contribution in [-0.2, 0) is 14.3 Å².